The first-order chi connectivity index (χ1) is 8.36. The van der Waals surface area contributed by atoms with E-state index in [1.807, 2.05) is 38.4 Å². The molecule has 0 saturated carbocycles. The van der Waals surface area contributed by atoms with Crippen molar-refractivity contribution in [1.82, 2.24) is 10.3 Å². The SMILES string of the molecule is CC#CCC(NC)c1ccnc2ccccc12. The molecule has 17 heavy (non-hydrogen) atoms. The number of nitrogens with one attached hydrogen (secondary N) is 1. The van der Waals surface area contributed by atoms with Gasteiger partial charge in [0.15, 0.2) is 0 Å². The first-order valence-electron chi connectivity index (χ1n) is 5.77. The zero-order chi connectivity index (χ0) is 12.1. The van der Waals surface area contributed by atoms with E-state index in [1.165, 1.54) is 10.9 Å². The van der Waals surface area contributed by atoms with Crippen LogP contribution < -0.4 is 5.32 Å². The van der Waals surface area contributed by atoms with Crippen LogP contribution in [0.2, 0.25) is 0 Å². The monoisotopic (exact) mass is 224 g/mol. The highest BCUT2D eigenvalue weighted by molar-refractivity contribution is 5.82. The highest BCUT2D eigenvalue weighted by Gasteiger charge is 2.11. The maximum Gasteiger partial charge on any atom is 0.0705 e. The van der Waals surface area contributed by atoms with Gasteiger partial charge in [0.25, 0.3) is 0 Å². The van der Waals surface area contributed by atoms with Crippen molar-refractivity contribution in [2.75, 3.05) is 7.05 Å². The Hall–Kier alpha value is -1.85. The van der Waals surface area contributed by atoms with Crippen LogP contribution in [0.5, 0.6) is 0 Å². The Bertz CT molecular complexity index is 558. The summed E-state index contributed by atoms with van der Waals surface area (Å²) in [7, 11) is 1.97. The van der Waals surface area contributed by atoms with Gasteiger partial charge in [-0.1, -0.05) is 18.2 Å². The molecule has 0 amide bonds. The van der Waals surface area contributed by atoms with Gasteiger partial charge in [0.1, 0.15) is 0 Å². The molecule has 2 nitrogen and oxygen atoms in total. The number of hydrogen-bond acceptors (Lipinski definition) is 2. The number of fused-ring (bicyclic) bond motifs is 1. The van der Waals surface area contributed by atoms with Gasteiger partial charge in [-0.3, -0.25) is 4.98 Å². The van der Waals surface area contributed by atoms with Crippen LogP contribution in [0.4, 0.5) is 0 Å². The molecule has 86 valence electrons. The highest BCUT2D eigenvalue weighted by atomic mass is 14.9. The van der Waals surface area contributed by atoms with E-state index in [4.69, 9.17) is 0 Å². The van der Waals surface area contributed by atoms with Crippen molar-refractivity contribution >= 4 is 10.9 Å². The lowest BCUT2D eigenvalue weighted by Crippen LogP contribution is -2.16. The second kappa shape index (κ2) is 5.47. The van der Waals surface area contributed by atoms with Crippen LogP contribution >= 0.6 is 0 Å². The van der Waals surface area contributed by atoms with Crippen molar-refractivity contribution in [3.63, 3.8) is 0 Å². The molecule has 1 heterocycles. The topological polar surface area (TPSA) is 24.9 Å². The van der Waals surface area contributed by atoms with Crippen LogP contribution in [0, 0.1) is 11.8 Å². The molecule has 1 aromatic carbocycles. The Morgan fingerprint density at radius 2 is 2.12 bits per heavy atom. The molecule has 1 aromatic heterocycles. The number of para-hydroxylation sites is 1. The van der Waals surface area contributed by atoms with Gasteiger partial charge < -0.3 is 5.32 Å². The second-order valence-electron chi connectivity index (χ2n) is 3.89. The van der Waals surface area contributed by atoms with E-state index >= 15 is 0 Å². The zero-order valence-electron chi connectivity index (χ0n) is 10.2. The summed E-state index contributed by atoms with van der Waals surface area (Å²) >= 11 is 0. The minimum absolute atomic E-state index is 0.260. The molecule has 0 fully saturated rings. The average Bonchev–Trinajstić information content (AvgIpc) is 2.40. The summed E-state index contributed by atoms with van der Waals surface area (Å²) in [6.45, 7) is 1.87. The smallest absolute Gasteiger partial charge is 0.0705 e. The van der Waals surface area contributed by atoms with E-state index in [0.717, 1.165) is 11.9 Å². The maximum atomic E-state index is 4.38. The van der Waals surface area contributed by atoms with Crippen molar-refractivity contribution < 1.29 is 0 Å². The quantitative estimate of drug-likeness (QED) is 0.811. The van der Waals surface area contributed by atoms with Gasteiger partial charge in [-0.05, 0) is 31.7 Å². The molecule has 0 saturated heterocycles. The first kappa shape index (κ1) is 11.6. The Morgan fingerprint density at radius 1 is 1.29 bits per heavy atom. The van der Waals surface area contributed by atoms with Gasteiger partial charge in [0.2, 0.25) is 0 Å². The number of rotatable bonds is 3. The molecule has 0 aliphatic heterocycles. The molecule has 2 aromatic rings. The van der Waals surface area contributed by atoms with Gasteiger partial charge in [-0.2, -0.15) is 0 Å². The summed E-state index contributed by atoms with van der Waals surface area (Å²) in [5.74, 6) is 6.07. The number of pyridine rings is 1. The Kier molecular flexibility index (Phi) is 3.74. The third-order valence-corrected chi connectivity index (χ3v) is 2.89. The molecule has 2 heteroatoms. The Balaban J connectivity index is 2.48. The summed E-state index contributed by atoms with van der Waals surface area (Å²) in [4.78, 5) is 4.38. The van der Waals surface area contributed by atoms with Crippen LogP contribution in [-0.2, 0) is 0 Å². The van der Waals surface area contributed by atoms with Crippen LogP contribution in [0.25, 0.3) is 10.9 Å². The Labute approximate surface area is 102 Å². The Morgan fingerprint density at radius 3 is 2.88 bits per heavy atom. The summed E-state index contributed by atoms with van der Waals surface area (Å²) in [6, 6.07) is 10.5. The summed E-state index contributed by atoms with van der Waals surface area (Å²) in [6.07, 6.45) is 2.68. The maximum absolute atomic E-state index is 4.38. The molecular formula is C15H16N2. The van der Waals surface area contributed by atoms with Crippen LogP contribution in [-0.4, -0.2) is 12.0 Å². The van der Waals surface area contributed by atoms with E-state index in [-0.39, 0.29) is 6.04 Å². The summed E-state index contributed by atoms with van der Waals surface area (Å²) < 4.78 is 0. The van der Waals surface area contributed by atoms with E-state index in [0.29, 0.717) is 0 Å². The van der Waals surface area contributed by atoms with E-state index in [2.05, 4.69) is 34.3 Å². The summed E-state index contributed by atoms with van der Waals surface area (Å²) in [5.41, 5.74) is 2.30. The van der Waals surface area contributed by atoms with Gasteiger partial charge in [0, 0.05) is 24.0 Å². The summed E-state index contributed by atoms with van der Waals surface area (Å²) in [5, 5.41) is 4.52. The predicted molar refractivity (Wildman–Crippen MR) is 71.6 cm³/mol. The standard InChI is InChI=1S/C15H16N2/c1-3-4-8-14(16-2)13-10-11-17-15-9-6-5-7-12(13)15/h5-7,9-11,14,16H,8H2,1-2H3. The number of aromatic nitrogens is 1. The van der Waals surface area contributed by atoms with Crippen molar-refractivity contribution in [3.8, 4) is 11.8 Å². The van der Waals surface area contributed by atoms with Crippen LogP contribution in [0.15, 0.2) is 36.5 Å². The predicted octanol–water partition coefficient (Wildman–Crippen LogP) is 2.91. The van der Waals surface area contributed by atoms with Gasteiger partial charge in [-0.15, -0.1) is 11.8 Å². The third-order valence-electron chi connectivity index (χ3n) is 2.89. The highest BCUT2D eigenvalue weighted by Crippen LogP contribution is 2.24. The molecule has 0 bridgehead atoms. The van der Waals surface area contributed by atoms with Crippen molar-refractivity contribution in [2.24, 2.45) is 0 Å². The fourth-order valence-electron chi connectivity index (χ4n) is 1.99. The fraction of sp³-hybridized carbons (Fsp3) is 0.267. The second-order valence-corrected chi connectivity index (χ2v) is 3.89. The zero-order valence-corrected chi connectivity index (χ0v) is 10.2. The molecule has 1 unspecified atom stereocenters. The average molecular weight is 224 g/mol. The van der Waals surface area contributed by atoms with Gasteiger partial charge in [0.05, 0.1) is 5.52 Å². The lowest BCUT2D eigenvalue weighted by molar-refractivity contribution is 0.615. The van der Waals surface area contributed by atoms with Crippen LogP contribution in [0.1, 0.15) is 24.9 Å². The normalized spacial score (nSPS) is 11.9. The number of hydrogen-bond donors (Lipinski definition) is 1. The van der Waals surface area contributed by atoms with Gasteiger partial charge >= 0.3 is 0 Å². The molecule has 2 rings (SSSR count). The molecule has 0 aliphatic carbocycles. The molecule has 0 spiro atoms. The minimum Gasteiger partial charge on any atom is -0.312 e. The molecule has 0 radical (unpaired) electrons. The minimum atomic E-state index is 0.260. The third kappa shape index (κ3) is 2.46. The number of nitrogens with zero attached hydrogens (tertiary/aromatic N) is 1. The van der Waals surface area contributed by atoms with Crippen LogP contribution in [0.3, 0.4) is 0 Å². The van der Waals surface area contributed by atoms with Crippen molar-refractivity contribution in [1.29, 1.82) is 0 Å². The lowest BCUT2D eigenvalue weighted by Gasteiger charge is -2.15. The lowest BCUT2D eigenvalue weighted by atomic mass is 10.00. The first-order valence-corrected chi connectivity index (χ1v) is 5.77. The van der Waals surface area contributed by atoms with Crippen molar-refractivity contribution in [2.45, 2.75) is 19.4 Å². The fourth-order valence-corrected chi connectivity index (χ4v) is 1.99. The van der Waals surface area contributed by atoms with Gasteiger partial charge in [-0.25, -0.2) is 0 Å². The number of benzene rings is 1. The van der Waals surface area contributed by atoms with E-state index in [9.17, 15) is 0 Å². The molecule has 1 atom stereocenters. The largest absolute Gasteiger partial charge is 0.312 e. The molecular weight excluding hydrogens is 208 g/mol. The van der Waals surface area contributed by atoms with E-state index < -0.39 is 0 Å². The molecule has 1 N–H and O–H groups in total. The molecule has 0 aliphatic rings. The van der Waals surface area contributed by atoms with Crippen molar-refractivity contribution in [3.05, 3.63) is 42.1 Å². The van der Waals surface area contributed by atoms with E-state index in [1.54, 1.807) is 0 Å².